The summed E-state index contributed by atoms with van der Waals surface area (Å²) < 4.78 is 26.6. The van der Waals surface area contributed by atoms with Crippen molar-refractivity contribution in [2.24, 2.45) is 5.92 Å². The van der Waals surface area contributed by atoms with Crippen molar-refractivity contribution in [1.29, 1.82) is 0 Å². The van der Waals surface area contributed by atoms with Crippen LogP contribution in [0.1, 0.15) is 18.4 Å². The van der Waals surface area contributed by atoms with Crippen LogP contribution in [-0.4, -0.2) is 4.98 Å². The maximum atomic E-state index is 13.3. The second kappa shape index (κ2) is 2.51. The summed E-state index contributed by atoms with van der Waals surface area (Å²) in [6.45, 7) is 0. The molecular weight excluding hydrogens is 160 g/mol. The number of hydrogen-bond acceptors (Lipinski definition) is 1. The molecule has 0 radical (unpaired) electrons. The van der Waals surface area contributed by atoms with Gasteiger partial charge in [0.25, 0.3) is 5.92 Å². The zero-order valence-electron chi connectivity index (χ0n) is 6.50. The highest BCUT2D eigenvalue weighted by Gasteiger charge is 2.47. The first-order chi connectivity index (χ1) is 5.71. The summed E-state index contributed by atoms with van der Waals surface area (Å²) in [6, 6.07) is 2.98. The van der Waals surface area contributed by atoms with E-state index >= 15 is 0 Å². The summed E-state index contributed by atoms with van der Waals surface area (Å²) in [5, 5.41) is 0. The standard InChI is InChI=1S/C9H9F2N/c10-9(11,7-3-4-7)8-2-1-5-12-6-8/h1-2,5-7H,3-4H2. The summed E-state index contributed by atoms with van der Waals surface area (Å²) in [6.07, 6.45) is 4.04. The highest BCUT2D eigenvalue weighted by Crippen LogP contribution is 2.49. The Morgan fingerprint density at radius 2 is 2.17 bits per heavy atom. The molecule has 1 aliphatic rings. The number of pyridine rings is 1. The van der Waals surface area contributed by atoms with Crippen LogP contribution in [0.3, 0.4) is 0 Å². The first kappa shape index (κ1) is 7.65. The zero-order chi connectivity index (χ0) is 8.60. The van der Waals surface area contributed by atoms with Gasteiger partial charge < -0.3 is 0 Å². The number of alkyl halides is 2. The van der Waals surface area contributed by atoms with Crippen LogP contribution in [0.15, 0.2) is 24.5 Å². The van der Waals surface area contributed by atoms with Gasteiger partial charge in [0, 0.05) is 23.9 Å². The highest BCUT2D eigenvalue weighted by atomic mass is 19.3. The van der Waals surface area contributed by atoms with E-state index in [9.17, 15) is 8.78 Å². The molecule has 0 aliphatic heterocycles. The molecule has 1 saturated carbocycles. The minimum absolute atomic E-state index is 0.0486. The molecule has 1 aliphatic carbocycles. The minimum Gasteiger partial charge on any atom is -0.264 e. The van der Waals surface area contributed by atoms with E-state index in [4.69, 9.17) is 0 Å². The fourth-order valence-electron chi connectivity index (χ4n) is 1.24. The van der Waals surface area contributed by atoms with Crippen LogP contribution in [0, 0.1) is 5.92 Å². The lowest BCUT2D eigenvalue weighted by molar-refractivity contribution is -0.0288. The third kappa shape index (κ3) is 1.19. The molecule has 1 aromatic rings. The van der Waals surface area contributed by atoms with Crippen molar-refractivity contribution in [3.8, 4) is 0 Å². The molecule has 0 saturated heterocycles. The molecule has 1 nitrogen and oxygen atoms in total. The van der Waals surface area contributed by atoms with Gasteiger partial charge in [-0.05, 0) is 25.0 Å². The Morgan fingerprint density at radius 3 is 2.67 bits per heavy atom. The van der Waals surface area contributed by atoms with Crippen molar-refractivity contribution in [2.45, 2.75) is 18.8 Å². The lowest BCUT2D eigenvalue weighted by Crippen LogP contribution is -2.15. The molecule has 2 rings (SSSR count). The van der Waals surface area contributed by atoms with E-state index < -0.39 is 11.8 Å². The molecule has 0 amide bonds. The predicted molar refractivity (Wildman–Crippen MR) is 40.9 cm³/mol. The van der Waals surface area contributed by atoms with E-state index in [1.165, 1.54) is 18.5 Å². The van der Waals surface area contributed by atoms with Crippen molar-refractivity contribution in [2.75, 3.05) is 0 Å². The Balaban J connectivity index is 2.28. The van der Waals surface area contributed by atoms with Gasteiger partial charge in [0.15, 0.2) is 0 Å². The normalized spacial score (nSPS) is 17.8. The van der Waals surface area contributed by atoms with Crippen LogP contribution in [0.4, 0.5) is 8.78 Å². The van der Waals surface area contributed by atoms with E-state index in [-0.39, 0.29) is 5.56 Å². The Kier molecular flexibility index (Phi) is 1.60. The van der Waals surface area contributed by atoms with Crippen molar-refractivity contribution >= 4 is 0 Å². The van der Waals surface area contributed by atoms with E-state index in [1.54, 1.807) is 6.07 Å². The lowest BCUT2D eigenvalue weighted by atomic mass is 10.1. The fourth-order valence-corrected chi connectivity index (χ4v) is 1.24. The molecule has 0 atom stereocenters. The van der Waals surface area contributed by atoms with Gasteiger partial charge in [-0.25, -0.2) is 8.78 Å². The topological polar surface area (TPSA) is 12.9 Å². The van der Waals surface area contributed by atoms with Crippen LogP contribution in [0.2, 0.25) is 0 Å². The lowest BCUT2D eigenvalue weighted by Gasteiger charge is -2.14. The molecular formula is C9H9F2N. The fraction of sp³-hybridized carbons (Fsp3) is 0.444. The van der Waals surface area contributed by atoms with E-state index in [2.05, 4.69) is 4.98 Å². The van der Waals surface area contributed by atoms with Gasteiger partial charge in [0.2, 0.25) is 0 Å². The van der Waals surface area contributed by atoms with Gasteiger partial charge in [-0.15, -0.1) is 0 Å². The first-order valence-electron chi connectivity index (χ1n) is 3.99. The molecule has 1 fully saturated rings. The molecule has 0 bridgehead atoms. The smallest absolute Gasteiger partial charge is 0.264 e. The molecule has 1 heterocycles. The average molecular weight is 169 g/mol. The maximum Gasteiger partial charge on any atom is 0.277 e. The van der Waals surface area contributed by atoms with Crippen LogP contribution < -0.4 is 0 Å². The molecule has 3 heteroatoms. The largest absolute Gasteiger partial charge is 0.277 e. The minimum atomic E-state index is -2.66. The maximum absolute atomic E-state index is 13.3. The Hall–Kier alpha value is -0.990. The van der Waals surface area contributed by atoms with E-state index in [0.717, 1.165) is 0 Å². The van der Waals surface area contributed by atoms with Crippen molar-refractivity contribution in [3.05, 3.63) is 30.1 Å². The van der Waals surface area contributed by atoms with Crippen molar-refractivity contribution in [1.82, 2.24) is 4.98 Å². The average Bonchev–Trinajstić information content (AvgIpc) is 2.88. The quantitative estimate of drug-likeness (QED) is 0.663. The summed E-state index contributed by atoms with van der Waals surface area (Å²) in [5.41, 5.74) is 0.0486. The van der Waals surface area contributed by atoms with Crippen LogP contribution in [0.25, 0.3) is 0 Å². The van der Waals surface area contributed by atoms with Gasteiger partial charge in [-0.3, -0.25) is 4.98 Å². The number of nitrogens with zero attached hydrogens (tertiary/aromatic N) is 1. The zero-order valence-corrected chi connectivity index (χ0v) is 6.50. The van der Waals surface area contributed by atoms with Crippen LogP contribution in [-0.2, 0) is 5.92 Å². The highest BCUT2D eigenvalue weighted by molar-refractivity contribution is 5.18. The first-order valence-corrected chi connectivity index (χ1v) is 3.99. The van der Waals surface area contributed by atoms with Gasteiger partial charge in [-0.2, -0.15) is 0 Å². The van der Waals surface area contributed by atoms with E-state index in [0.29, 0.717) is 12.8 Å². The third-order valence-corrected chi connectivity index (χ3v) is 2.14. The number of hydrogen-bond donors (Lipinski definition) is 0. The van der Waals surface area contributed by atoms with Crippen molar-refractivity contribution in [3.63, 3.8) is 0 Å². The van der Waals surface area contributed by atoms with Gasteiger partial charge in [0.05, 0.1) is 0 Å². The molecule has 0 aromatic carbocycles. The van der Waals surface area contributed by atoms with Gasteiger partial charge in [0.1, 0.15) is 0 Å². The second-order valence-electron chi connectivity index (χ2n) is 3.14. The Bertz CT molecular complexity index is 267. The summed E-state index contributed by atoms with van der Waals surface area (Å²) in [5.74, 6) is -3.10. The Morgan fingerprint density at radius 1 is 1.42 bits per heavy atom. The summed E-state index contributed by atoms with van der Waals surface area (Å²) in [7, 11) is 0. The van der Waals surface area contributed by atoms with Gasteiger partial charge in [-0.1, -0.05) is 0 Å². The SMILES string of the molecule is FC(F)(c1cccnc1)C1CC1. The number of rotatable bonds is 2. The Labute approximate surface area is 69.4 Å². The van der Waals surface area contributed by atoms with E-state index in [1.807, 2.05) is 0 Å². The van der Waals surface area contributed by atoms with Crippen molar-refractivity contribution < 1.29 is 8.78 Å². The molecule has 0 unspecified atom stereocenters. The molecule has 12 heavy (non-hydrogen) atoms. The van der Waals surface area contributed by atoms with Crippen LogP contribution >= 0.6 is 0 Å². The molecule has 0 N–H and O–H groups in total. The predicted octanol–water partition coefficient (Wildman–Crippen LogP) is 2.58. The summed E-state index contributed by atoms with van der Waals surface area (Å²) in [4.78, 5) is 3.68. The second-order valence-corrected chi connectivity index (χ2v) is 3.14. The molecule has 1 aromatic heterocycles. The summed E-state index contributed by atoms with van der Waals surface area (Å²) >= 11 is 0. The monoisotopic (exact) mass is 169 g/mol. The number of aromatic nitrogens is 1. The third-order valence-electron chi connectivity index (χ3n) is 2.14. The molecule has 0 spiro atoms. The molecule has 64 valence electrons. The number of halogens is 2. The van der Waals surface area contributed by atoms with Gasteiger partial charge >= 0.3 is 0 Å². The van der Waals surface area contributed by atoms with Crippen LogP contribution in [0.5, 0.6) is 0 Å².